The van der Waals surface area contributed by atoms with E-state index in [0.29, 0.717) is 17.0 Å². The fourth-order valence-electron chi connectivity index (χ4n) is 2.47. The fraction of sp³-hybridized carbons (Fsp3) is 0.429. The van der Waals surface area contributed by atoms with Crippen LogP contribution in [0.3, 0.4) is 0 Å². The van der Waals surface area contributed by atoms with Crippen molar-refractivity contribution in [2.45, 2.75) is 12.8 Å². The van der Waals surface area contributed by atoms with Crippen molar-refractivity contribution in [3.05, 3.63) is 23.8 Å². The molecule has 1 fully saturated rings. The molecule has 0 bridgehead atoms. The minimum atomic E-state index is -3.71. The number of methoxy groups -OCH3 is 1. The van der Waals surface area contributed by atoms with Crippen molar-refractivity contribution in [2.75, 3.05) is 32.0 Å². The van der Waals surface area contributed by atoms with Gasteiger partial charge >= 0.3 is 16.2 Å². The summed E-state index contributed by atoms with van der Waals surface area (Å²) in [4.78, 5) is 12.7. The number of hydrogen-bond donors (Lipinski definition) is 3. The molecule has 0 atom stereocenters. The van der Waals surface area contributed by atoms with Gasteiger partial charge in [-0.1, -0.05) is 6.07 Å². The summed E-state index contributed by atoms with van der Waals surface area (Å²) >= 11 is 0. The van der Waals surface area contributed by atoms with Crippen LogP contribution in [0.5, 0.6) is 5.75 Å². The van der Waals surface area contributed by atoms with Gasteiger partial charge in [-0.2, -0.15) is 8.42 Å². The lowest BCUT2D eigenvalue weighted by atomic mass is 10.1. The maximum atomic E-state index is 11.2. The molecule has 0 spiro atoms. The number of carbonyl (C=O) groups is 1. The lowest BCUT2D eigenvalue weighted by molar-refractivity contribution is 0.211. The molecule has 3 rings (SSSR count). The van der Waals surface area contributed by atoms with Crippen LogP contribution in [0.15, 0.2) is 22.6 Å². The first kappa shape index (κ1) is 17.9. The molecule has 2 amide bonds. The number of fused-ring (bicyclic) bond motifs is 1. The van der Waals surface area contributed by atoms with Gasteiger partial charge in [0.25, 0.3) is 0 Å². The van der Waals surface area contributed by atoms with E-state index in [4.69, 9.17) is 10.5 Å². The number of anilines is 1. The summed E-state index contributed by atoms with van der Waals surface area (Å²) in [5, 5.41) is 2.59. The Morgan fingerprint density at radius 3 is 2.62 bits per heavy atom. The van der Waals surface area contributed by atoms with Crippen molar-refractivity contribution in [3.8, 4) is 5.75 Å². The van der Waals surface area contributed by atoms with Gasteiger partial charge in [0.15, 0.2) is 5.84 Å². The van der Waals surface area contributed by atoms with E-state index >= 15 is 0 Å². The second kappa shape index (κ2) is 7.39. The third kappa shape index (κ3) is 4.07. The van der Waals surface area contributed by atoms with Crippen LogP contribution in [0, 0.1) is 0 Å². The number of carbonyl (C=O) groups excluding carboxylic acids is 1. The molecule has 0 unspecified atom stereocenters. The van der Waals surface area contributed by atoms with E-state index in [-0.39, 0.29) is 11.9 Å². The number of urea groups is 1. The van der Waals surface area contributed by atoms with Crippen molar-refractivity contribution in [1.82, 2.24) is 10.2 Å². The standard InChI is InChI=1S/C8H9N3O3S.C6H12N2O/c1-14-6-4-2-3-5-7(6)8(9)11-15(12,13)10-5;1-7-6(9)8-4-2-3-5-8/h2-4,10H,1H3,(H2,9,11);2-5H2,1H3,(H,7,9). The summed E-state index contributed by atoms with van der Waals surface area (Å²) in [6.45, 7) is 1.86. The first-order valence-electron chi connectivity index (χ1n) is 7.40. The molecule has 2 aliphatic heterocycles. The van der Waals surface area contributed by atoms with Gasteiger partial charge in [-0.05, 0) is 25.0 Å². The molecular formula is C14H21N5O4S. The van der Waals surface area contributed by atoms with Crippen LogP contribution in [0.1, 0.15) is 18.4 Å². The maximum Gasteiger partial charge on any atom is 0.344 e. The van der Waals surface area contributed by atoms with Crippen molar-refractivity contribution in [2.24, 2.45) is 10.1 Å². The quantitative estimate of drug-likeness (QED) is 0.676. The molecule has 2 heterocycles. The average Bonchev–Trinajstić information content (AvgIpc) is 3.07. The highest BCUT2D eigenvalue weighted by molar-refractivity contribution is 7.91. The molecule has 0 radical (unpaired) electrons. The molecule has 10 heteroatoms. The molecule has 0 saturated carbocycles. The molecule has 2 aliphatic rings. The molecule has 9 nitrogen and oxygen atoms in total. The van der Waals surface area contributed by atoms with E-state index in [1.807, 2.05) is 4.90 Å². The van der Waals surface area contributed by atoms with E-state index in [2.05, 4.69) is 14.4 Å². The summed E-state index contributed by atoms with van der Waals surface area (Å²) in [5.41, 5.74) is 6.39. The van der Waals surface area contributed by atoms with Gasteiger partial charge in [-0.25, -0.2) is 4.79 Å². The molecule has 1 aromatic rings. The number of amides is 2. The fourth-order valence-corrected chi connectivity index (χ4v) is 3.31. The predicted molar refractivity (Wildman–Crippen MR) is 91.5 cm³/mol. The van der Waals surface area contributed by atoms with E-state index in [9.17, 15) is 13.2 Å². The topological polar surface area (TPSA) is 126 Å². The normalized spacial score (nSPS) is 17.6. The first-order chi connectivity index (χ1) is 11.4. The number of nitrogens with one attached hydrogen (secondary N) is 2. The van der Waals surface area contributed by atoms with Gasteiger partial charge in [0.1, 0.15) is 5.75 Å². The van der Waals surface area contributed by atoms with Crippen LogP contribution in [0.25, 0.3) is 0 Å². The van der Waals surface area contributed by atoms with Crippen molar-refractivity contribution < 1.29 is 17.9 Å². The minimum absolute atomic E-state index is 0.0625. The number of ether oxygens (including phenoxy) is 1. The number of hydrogen-bond acceptors (Lipinski definition) is 5. The molecule has 1 saturated heterocycles. The Kier molecular flexibility index (Phi) is 5.50. The Hall–Kier alpha value is -2.49. The molecule has 1 aromatic carbocycles. The first-order valence-corrected chi connectivity index (χ1v) is 8.84. The van der Waals surface area contributed by atoms with Crippen LogP contribution in [0.2, 0.25) is 0 Å². The van der Waals surface area contributed by atoms with Gasteiger partial charge in [-0.3, -0.25) is 4.72 Å². The van der Waals surface area contributed by atoms with Gasteiger partial charge in [-0.15, -0.1) is 4.40 Å². The third-order valence-corrected chi connectivity index (χ3v) is 4.48. The highest BCUT2D eigenvalue weighted by atomic mass is 32.2. The number of nitrogens with zero attached hydrogens (tertiary/aromatic N) is 2. The second-order valence-electron chi connectivity index (χ2n) is 5.19. The third-order valence-electron chi connectivity index (χ3n) is 3.57. The van der Waals surface area contributed by atoms with E-state index < -0.39 is 10.2 Å². The SMILES string of the molecule is CNC(=O)N1CCCC1.COc1cccc2c1C(N)=NS(=O)(=O)N2. The zero-order chi connectivity index (χ0) is 17.7. The lowest BCUT2D eigenvalue weighted by Gasteiger charge is -2.17. The predicted octanol–water partition coefficient (Wildman–Crippen LogP) is 0.492. The number of rotatable bonds is 1. The van der Waals surface area contributed by atoms with Crippen LogP contribution in [0.4, 0.5) is 10.5 Å². The molecule has 0 aromatic heterocycles. The second-order valence-corrected chi connectivity index (χ2v) is 6.52. The van der Waals surface area contributed by atoms with Crippen molar-refractivity contribution in [1.29, 1.82) is 0 Å². The molecule has 0 aliphatic carbocycles. The molecule has 132 valence electrons. The van der Waals surface area contributed by atoms with Crippen molar-refractivity contribution >= 4 is 27.8 Å². The number of benzene rings is 1. The smallest absolute Gasteiger partial charge is 0.344 e. The van der Waals surface area contributed by atoms with E-state index in [1.54, 1.807) is 25.2 Å². The summed E-state index contributed by atoms with van der Waals surface area (Å²) in [5.74, 6) is 0.414. The van der Waals surface area contributed by atoms with E-state index in [0.717, 1.165) is 25.9 Å². The van der Waals surface area contributed by atoms with Crippen LogP contribution in [-0.4, -0.2) is 52.4 Å². The zero-order valence-electron chi connectivity index (χ0n) is 13.6. The monoisotopic (exact) mass is 355 g/mol. The number of amidine groups is 1. The Morgan fingerprint density at radius 1 is 1.38 bits per heavy atom. The maximum absolute atomic E-state index is 11.2. The molecular weight excluding hydrogens is 334 g/mol. The average molecular weight is 355 g/mol. The zero-order valence-corrected chi connectivity index (χ0v) is 14.4. The van der Waals surface area contributed by atoms with Crippen molar-refractivity contribution in [3.63, 3.8) is 0 Å². The summed E-state index contributed by atoms with van der Waals surface area (Å²) in [6.07, 6.45) is 2.32. The summed E-state index contributed by atoms with van der Waals surface area (Å²) < 4.78 is 33.1. The van der Waals surface area contributed by atoms with Crippen LogP contribution < -0.4 is 20.5 Å². The molecule has 24 heavy (non-hydrogen) atoms. The summed E-state index contributed by atoms with van der Waals surface area (Å²) in [7, 11) is -0.567. The van der Waals surface area contributed by atoms with Gasteiger partial charge < -0.3 is 20.7 Å². The van der Waals surface area contributed by atoms with E-state index in [1.165, 1.54) is 7.11 Å². The van der Waals surface area contributed by atoms with Crippen LogP contribution >= 0.6 is 0 Å². The number of nitrogens with two attached hydrogens (primary N) is 1. The van der Waals surface area contributed by atoms with Gasteiger partial charge in [0.05, 0.1) is 18.4 Å². The Morgan fingerprint density at radius 2 is 2.04 bits per heavy atom. The lowest BCUT2D eigenvalue weighted by Crippen LogP contribution is -2.35. The number of likely N-dealkylation sites (tertiary alicyclic amines) is 1. The summed E-state index contributed by atoms with van der Waals surface area (Å²) in [6, 6.07) is 5.00. The molecule has 4 N–H and O–H groups in total. The highest BCUT2D eigenvalue weighted by Gasteiger charge is 2.23. The Balaban J connectivity index is 0.000000198. The largest absolute Gasteiger partial charge is 0.496 e. The minimum Gasteiger partial charge on any atom is -0.496 e. The van der Waals surface area contributed by atoms with Gasteiger partial charge in [0.2, 0.25) is 0 Å². The van der Waals surface area contributed by atoms with Gasteiger partial charge in [0, 0.05) is 20.1 Å². The Labute approximate surface area is 141 Å². The van der Waals surface area contributed by atoms with Crippen LogP contribution in [-0.2, 0) is 10.2 Å². The highest BCUT2D eigenvalue weighted by Crippen LogP contribution is 2.29. The Bertz CT molecular complexity index is 742.